The fourth-order valence-electron chi connectivity index (χ4n) is 2.00. The lowest BCUT2D eigenvalue weighted by Crippen LogP contribution is -2.01. The highest BCUT2D eigenvalue weighted by molar-refractivity contribution is 5.50. The predicted molar refractivity (Wildman–Crippen MR) is 84.7 cm³/mol. The topological polar surface area (TPSA) is 57.4 Å². The molecule has 0 fully saturated rings. The molecular weight excluding hydrogens is 264 g/mol. The van der Waals surface area contributed by atoms with Crippen LogP contribution < -0.4 is 15.2 Å². The number of rotatable bonds is 8. The Morgan fingerprint density at radius 3 is 2.33 bits per heavy atom. The highest BCUT2D eigenvalue weighted by Crippen LogP contribution is 2.24. The maximum Gasteiger partial charge on any atom is 0.125 e. The zero-order valence-corrected chi connectivity index (χ0v) is 12.4. The number of aryl methyl sites for hydroxylation is 1. The maximum atomic E-state index is 5.86. The largest absolute Gasteiger partial charge is 0.493 e. The van der Waals surface area contributed by atoms with Gasteiger partial charge < -0.3 is 15.2 Å². The number of anilines is 1. The molecule has 0 unspecified atom stereocenters. The lowest BCUT2D eigenvalue weighted by molar-refractivity contribution is 0.298. The lowest BCUT2D eigenvalue weighted by atomic mass is 10.1. The minimum Gasteiger partial charge on any atom is -0.493 e. The van der Waals surface area contributed by atoms with E-state index < -0.39 is 0 Å². The molecule has 21 heavy (non-hydrogen) atoms. The second kappa shape index (κ2) is 8.15. The first kappa shape index (κ1) is 15.2. The molecule has 0 radical (unpaired) electrons. The van der Waals surface area contributed by atoms with Crippen LogP contribution in [0.5, 0.6) is 11.5 Å². The van der Waals surface area contributed by atoms with Crippen molar-refractivity contribution in [1.82, 2.24) is 4.98 Å². The Hall–Kier alpha value is -2.23. The first-order chi connectivity index (χ1) is 10.3. The van der Waals surface area contributed by atoms with Gasteiger partial charge in [0.25, 0.3) is 0 Å². The number of benzene rings is 1. The molecule has 1 heterocycles. The highest BCUT2D eigenvalue weighted by Gasteiger charge is 2.01. The molecule has 2 rings (SSSR count). The molecule has 1 aromatic carbocycles. The third-order valence-corrected chi connectivity index (χ3v) is 3.00. The summed E-state index contributed by atoms with van der Waals surface area (Å²) < 4.78 is 11.3. The van der Waals surface area contributed by atoms with Crippen molar-refractivity contribution >= 4 is 5.69 Å². The number of hydrogen-bond donors (Lipinski definition) is 1. The first-order valence-electron chi connectivity index (χ1n) is 7.33. The molecule has 0 saturated heterocycles. The zero-order valence-electron chi connectivity index (χ0n) is 12.4. The Morgan fingerprint density at radius 2 is 1.67 bits per heavy atom. The number of ether oxygens (including phenoxy) is 2. The van der Waals surface area contributed by atoms with Gasteiger partial charge in [-0.3, -0.25) is 4.98 Å². The minimum atomic E-state index is 0.652. The van der Waals surface area contributed by atoms with Gasteiger partial charge in [0, 0.05) is 36.3 Å². The zero-order chi connectivity index (χ0) is 14.9. The molecule has 0 saturated carbocycles. The fraction of sp³-hybridized carbons (Fsp3) is 0.353. The van der Waals surface area contributed by atoms with Gasteiger partial charge in [-0.1, -0.05) is 6.92 Å². The summed E-state index contributed by atoms with van der Waals surface area (Å²) in [6.45, 7) is 3.41. The number of nitrogens with two attached hydrogens (primary N) is 1. The monoisotopic (exact) mass is 286 g/mol. The average Bonchev–Trinajstić information content (AvgIpc) is 2.50. The van der Waals surface area contributed by atoms with Gasteiger partial charge in [-0.2, -0.15) is 0 Å². The first-order valence-corrected chi connectivity index (χ1v) is 7.33. The van der Waals surface area contributed by atoms with E-state index in [9.17, 15) is 0 Å². The van der Waals surface area contributed by atoms with Crippen LogP contribution in [0.4, 0.5) is 5.69 Å². The minimum absolute atomic E-state index is 0.652. The average molecular weight is 286 g/mol. The van der Waals surface area contributed by atoms with Crippen molar-refractivity contribution in [1.29, 1.82) is 0 Å². The second-order valence-corrected chi connectivity index (χ2v) is 4.89. The van der Waals surface area contributed by atoms with E-state index in [4.69, 9.17) is 15.2 Å². The number of aromatic nitrogens is 1. The Balaban J connectivity index is 1.81. The van der Waals surface area contributed by atoms with Gasteiger partial charge in [0.2, 0.25) is 0 Å². The highest BCUT2D eigenvalue weighted by atomic mass is 16.5. The molecule has 0 aliphatic carbocycles. The van der Waals surface area contributed by atoms with Gasteiger partial charge in [-0.15, -0.1) is 0 Å². The van der Waals surface area contributed by atoms with Gasteiger partial charge in [0.1, 0.15) is 11.5 Å². The number of hydrogen-bond acceptors (Lipinski definition) is 4. The maximum absolute atomic E-state index is 5.86. The second-order valence-electron chi connectivity index (χ2n) is 4.89. The molecule has 4 heteroatoms. The summed E-state index contributed by atoms with van der Waals surface area (Å²) in [5.41, 5.74) is 7.79. The molecule has 0 aliphatic heterocycles. The Morgan fingerprint density at radius 1 is 1.00 bits per heavy atom. The van der Waals surface area contributed by atoms with E-state index in [0.717, 1.165) is 30.8 Å². The summed E-state index contributed by atoms with van der Waals surface area (Å²) >= 11 is 0. The summed E-state index contributed by atoms with van der Waals surface area (Å²) in [7, 11) is 0. The van der Waals surface area contributed by atoms with Gasteiger partial charge in [-0.05, 0) is 37.0 Å². The third kappa shape index (κ3) is 5.34. The van der Waals surface area contributed by atoms with Crippen LogP contribution in [0.2, 0.25) is 0 Å². The molecular formula is C17H22N2O2. The lowest BCUT2D eigenvalue weighted by Gasteiger charge is -2.10. The van der Waals surface area contributed by atoms with E-state index in [1.165, 1.54) is 5.56 Å². The van der Waals surface area contributed by atoms with E-state index in [-0.39, 0.29) is 0 Å². The van der Waals surface area contributed by atoms with Crippen molar-refractivity contribution < 1.29 is 9.47 Å². The van der Waals surface area contributed by atoms with Crippen molar-refractivity contribution in [3.05, 3.63) is 48.3 Å². The SMILES string of the molecule is CCCOc1cc(N)cc(OCCCc2ccncc2)c1. The van der Waals surface area contributed by atoms with Crippen LogP contribution >= 0.6 is 0 Å². The van der Waals surface area contributed by atoms with Crippen molar-refractivity contribution in [2.75, 3.05) is 18.9 Å². The molecule has 112 valence electrons. The van der Waals surface area contributed by atoms with E-state index >= 15 is 0 Å². The predicted octanol–water partition coefficient (Wildman–Crippen LogP) is 3.46. The van der Waals surface area contributed by atoms with Gasteiger partial charge in [0.05, 0.1) is 13.2 Å². The molecule has 0 atom stereocenters. The summed E-state index contributed by atoms with van der Waals surface area (Å²) in [5.74, 6) is 1.52. The van der Waals surface area contributed by atoms with Gasteiger partial charge >= 0.3 is 0 Å². The Bertz CT molecular complexity index is 544. The van der Waals surface area contributed by atoms with Crippen LogP contribution in [0.15, 0.2) is 42.7 Å². The number of pyridine rings is 1. The van der Waals surface area contributed by atoms with Crippen LogP contribution in [-0.4, -0.2) is 18.2 Å². The van der Waals surface area contributed by atoms with Crippen molar-refractivity contribution in [3.8, 4) is 11.5 Å². The quantitative estimate of drug-likeness (QED) is 0.596. The smallest absolute Gasteiger partial charge is 0.125 e. The molecule has 2 aromatic rings. The molecule has 0 bridgehead atoms. The van der Waals surface area contributed by atoms with Crippen molar-refractivity contribution in [3.63, 3.8) is 0 Å². The molecule has 2 N–H and O–H groups in total. The van der Waals surface area contributed by atoms with Crippen LogP contribution in [0, 0.1) is 0 Å². The number of nitrogen functional groups attached to an aromatic ring is 1. The fourth-order valence-corrected chi connectivity index (χ4v) is 2.00. The standard InChI is InChI=1S/C17H22N2O2/c1-2-9-20-16-11-15(18)12-17(13-16)21-10-3-4-14-5-7-19-8-6-14/h5-8,11-13H,2-4,9-10,18H2,1H3. The van der Waals surface area contributed by atoms with Crippen molar-refractivity contribution in [2.24, 2.45) is 0 Å². The van der Waals surface area contributed by atoms with Gasteiger partial charge in [0.15, 0.2) is 0 Å². The van der Waals surface area contributed by atoms with Crippen LogP contribution in [-0.2, 0) is 6.42 Å². The van der Waals surface area contributed by atoms with E-state index in [1.807, 2.05) is 42.7 Å². The molecule has 0 amide bonds. The summed E-state index contributed by atoms with van der Waals surface area (Å²) in [6, 6.07) is 9.58. The summed E-state index contributed by atoms with van der Waals surface area (Å²) in [6.07, 6.45) is 6.52. The van der Waals surface area contributed by atoms with Crippen LogP contribution in [0.3, 0.4) is 0 Å². The van der Waals surface area contributed by atoms with E-state index in [1.54, 1.807) is 0 Å². The number of nitrogens with zero attached hydrogens (tertiary/aromatic N) is 1. The molecule has 0 aliphatic rings. The Labute approximate surface area is 125 Å². The summed E-state index contributed by atoms with van der Waals surface area (Å²) in [4.78, 5) is 4.01. The summed E-state index contributed by atoms with van der Waals surface area (Å²) in [5, 5.41) is 0. The molecule has 4 nitrogen and oxygen atoms in total. The normalized spacial score (nSPS) is 10.3. The molecule has 0 spiro atoms. The third-order valence-electron chi connectivity index (χ3n) is 3.00. The van der Waals surface area contributed by atoms with Crippen molar-refractivity contribution in [2.45, 2.75) is 26.2 Å². The van der Waals surface area contributed by atoms with E-state index in [2.05, 4.69) is 11.9 Å². The van der Waals surface area contributed by atoms with Crippen LogP contribution in [0.1, 0.15) is 25.3 Å². The van der Waals surface area contributed by atoms with Crippen LogP contribution in [0.25, 0.3) is 0 Å². The van der Waals surface area contributed by atoms with E-state index in [0.29, 0.717) is 18.9 Å². The van der Waals surface area contributed by atoms with Gasteiger partial charge in [-0.25, -0.2) is 0 Å². The molecule has 1 aromatic heterocycles. The Kier molecular flexibility index (Phi) is 5.88.